The number of allylic oxidation sites excluding steroid dienone is 1. The molecule has 1 atom stereocenters. The van der Waals surface area contributed by atoms with Gasteiger partial charge in [-0.05, 0) is 19.8 Å². The summed E-state index contributed by atoms with van der Waals surface area (Å²) in [4.78, 5) is 33.0. The van der Waals surface area contributed by atoms with Gasteiger partial charge in [0.1, 0.15) is 0 Å². The Bertz CT molecular complexity index is 346. The van der Waals surface area contributed by atoms with E-state index in [1.54, 1.807) is 6.92 Å². The minimum Gasteiger partial charge on any atom is -0.481 e. The van der Waals surface area contributed by atoms with Crippen LogP contribution in [0.1, 0.15) is 33.6 Å². The summed E-state index contributed by atoms with van der Waals surface area (Å²) in [7, 11) is 0. The molecule has 0 saturated carbocycles. The lowest BCUT2D eigenvalue weighted by atomic mass is 10.0. The maximum Gasteiger partial charge on any atom is 0.321 e. The van der Waals surface area contributed by atoms with Crippen molar-refractivity contribution < 1.29 is 19.5 Å². The largest absolute Gasteiger partial charge is 0.481 e. The molecule has 102 valence electrons. The Labute approximate surface area is 106 Å². The van der Waals surface area contributed by atoms with Crippen LogP contribution in [0.3, 0.4) is 0 Å². The third kappa shape index (κ3) is 9.38. The summed E-state index contributed by atoms with van der Waals surface area (Å²) in [6.07, 6.45) is 1.74. The van der Waals surface area contributed by atoms with Crippen molar-refractivity contribution in [2.45, 2.75) is 33.6 Å². The van der Waals surface area contributed by atoms with E-state index in [9.17, 15) is 14.4 Å². The minimum absolute atomic E-state index is 0.0162. The van der Waals surface area contributed by atoms with Crippen molar-refractivity contribution in [2.24, 2.45) is 5.92 Å². The van der Waals surface area contributed by atoms with Crippen LogP contribution >= 0.6 is 0 Å². The van der Waals surface area contributed by atoms with E-state index < -0.39 is 17.9 Å². The number of hydrogen-bond acceptors (Lipinski definition) is 3. The molecule has 0 fully saturated rings. The Morgan fingerprint density at radius 1 is 1.22 bits per heavy atom. The van der Waals surface area contributed by atoms with Gasteiger partial charge in [-0.3, -0.25) is 14.9 Å². The first-order valence-corrected chi connectivity index (χ1v) is 5.74. The molecule has 0 heterocycles. The zero-order valence-corrected chi connectivity index (χ0v) is 10.9. The van der Waals surface area contributed by atoms with Crippen LogP contribution < -0.4 is 10.6 Å². The number of carboxylic acid groups (broad SMARTS) is 1. The van der Waals surface area contributed by atoms with E-state index in [-0.39, 0.29) is 18.8 Å². The predicted octanol–water partition coefficient (Wildman–Crippen LogP) is 1.28. The van der Waals surface area contributed by atoms with Crippen LogP contribution in [0.2, 0.25) is 0 Å². The minimum atomic E-state index is -0.955. The van der Waals surface area contributed by atoms with Crippen molar-refractivity contribution in [1.29, 1.82) is 0 Å². The average Bonchev–Trinajstić information content (AvgIpc) is 2.14. The third-order valence-corrected chi connectivity index (χ3v) is 2.08. The molecule has 0 aliphatic rings. The van der Waals surface area contributed by atoms with Gasteiger partial charge in [0.2, 0.25) is 5.91 Å². The number of carbonyl (C=O) groups is 3. The number of aliphatic carboxylic acids is 1. The Hall–Kier alpha value is -1.85. The van der Waals surface area contributed by atoms with Gasteiger partial charge in [0, 0.05) is 19.4 Å². The number of hydrogen-bond donors (Lipinski definition) is 3. The van der Waals surface area contributed by atoms with Gasteiger partial charge in [-0.25, -0.2) is 4.79 Å². The summed E-state index contributed by atoms with van der Waals surface area (Å²) in [5.41, 5.74) is 1.07. The van der Waals surface area contributed by atoms with Crippen LogP contribution in [0.25, 0.3) is 0 Å². The van der Waals surface area contributed by atoms with Crippen molar-refractivity contribution >= 4 is 17.9 Å². The lowest BCUT2D eigenvalue weighted by molar-refractivity contribution is -0.138. The Morgan fingerprint density at radius 3 is 2.33 bits per heavy atom. The van der Waals surface area contributed by atoms with Gasteiger partial charge in [0.05, 0.1) is 0 Å². The zero-order valence-electron chi connectivity index (χ0n) is 10.9. The van der Waals surface area contributed by atoms with Crippen LogP contribution in [0, 0.1) is 5.92 Å². The monoisotopic (exact) mass is 256 g/mol. The molecule has 0 spiro atoms. The van der Waals surface area contributed by atoms with Crippen LogP contribution in [0.5, 0.6) is 0 Å². The highest BCUT2D eigenvalue weighted by atomic mass is 16.4. The van der Waals surface area contributed by atoms with Crippen molar-refractivity contribution in [2.75, 3.05) is 6.54 Å². The molecule has 0 radical (unpaired) electrons. The lowest BCUT2D eigenvalue weighted by Crippen LogP contribution is -2.40. The smallest absolute Gasteiger partial charge is 0.321 e. The molecule has 3 amide bonds. The third-order valence-electron chi connectivity index (χ3n) is 2.08. The van der Waals surface area contributed by atoms with Crippen molar-refractivity contribution in [3.05, 3.63) is 11.6 Å². The molecular formula is C12H20N2O4. The lowest BCUT2D eigenvalue weighted by Gasteiger charge is -2.08. The maximum absolute atomic E-state index is 11.4. The van der Waals surface area contributed by atoms with Crippen LogP contribution in [-0.2, 0) is 9.59 Å². The van der Waals surface area contributed by atoms with Gasteiger partial charge in [0.25, 0.3) is 0 Å². The fourth-order valence-corrected chi connectivity index (χ4v) is 1.26. The molecule has 6 nitrogen and oxygen atoms in total. The van der Waals surface area contributed by atoms with E-state index in [1.165, 1.54) is 0 Å². The first-order valence-electron chi connectivity index (χ1n) is 5.74. The van der Waals surface area contributed by atoms with E-state index in [2.05, 4.69) is 10.6 Å². The van der Waals surface area contributed by atoms with Crippen molar-refractivity contribution in [3.8, 4) is 0 Å². The molecule has 1 unspecified atom stereocenters. The second-order valence-corrected chi connectivity index (χ2v) is 4.45. The molecule has 18 heavy (non-hydrogen) atoms. The topological polar surface area (TPSA) is 95.5 Å². The molecule has 0 bridgehead atoms. The van der Waals surface area contributed by atoms with E-state index in [1.807, 2.05) is 19.9 Å². The fourth-order valence-electron chi connectivity index (χ4n) is 1.26. The van der Waals surface area contributed by atoms with Crippen molar-refractivity contribution in [1.82, 2.24) is 10.6 Å². The van der Waals surface area contributed by atoms with Gasteiger partial charge in [0.15, 0.2) is 0 Å². The molecule has 0 aromatic heterocycles. The van der Waals surface area contributed by atoms with Gasteiger partial charge < -0.3 is 10.4 Å². The predicted molar refractivity (Wildman–Crippen MR) is 67.0 cm³/mol. The van der Waals surface area contributed by atoms with Gasteiger partial charge in [-0.15, -0.1) is 0 Å². The molecule has 6 heteroatoms. The van der Waals surface area contributed by atoms with E-state index >= 15 is 0 Å². The first-order chi connectivity index (χ1) is 8.31. The summed E-state index contributed by atoms with van der Waals surface area (Å²) in [5, 5.41) is 13.2. The van der Waals surface area contributed by atoms with E-state index in [0.29, 0.717) is 6.54 Å². The number of rotatable bonds is 6. The molecule has 3 N–H and O–H groups in total. The second-order valence-electron chi connectivity index (χ2n) is 4.45. The van der Waals surface area contributed by atoms with Crippen LogP contribution in [-0.4, -0.2) is 29.6 Å². The highest BCUT2D eigenvalue weighted by molar-refractivity contribution is 5.94. The summed E-state index contributed by atoms with van der Waals surface area (Å²) >= 11 is 0. The SMILES string of the molecule is CC(C)=CCNC(=O)NC(=O)CC(C)CC(=O)O. The number of carboxylic acids is 1. The van der Waals surface area contributed by atoms with Crippen molar-refractivity contribution in [3.63, 3.8) is 0 Å². The summed E-state index contributed by atoms with van der Waals surface area (Å²) < 4.78 is 0. The highest BCUT2D eigenvalue weighted by Gasteiger charge is 2.14. The maximum atomic E-state index is 11.4. The zero-order chi connectivity index (χ0) is 14.1. The van der Waals surface area contributed by atoms with E-state index in [4.69, 9.17) is 5.11 Å². The fraction of sp³-hybridized carbons (Fsp3) is 0.583. The first kappa shape index (κ1) is 16.1. The Kier molecular flexibility index (Phi) is 7.42. The van der Waals surface area contributed by atoms with E-state index in [0.717, 1.165) is 5.57 Å². The highest BCUT2D eigenvalue weighted by Crippen LogP contribution is 2.06. The molecule has 0 aliphatic heterocycles. The number of imide groups is 1. The Morgan fingerprint density at radius 2 is 1.83 bits per heavy atom. The number of amides is 3. The van der Waals surface area contributed by atoms with Gasteiger partial charge >= 0.3 is 12.0 Å². The van der Waals surface area contributed by atoms with Crippen LogP contribution in [0.15, 0.2) is 11.6 Å². The Balaban J connectivity index is 3.90. The second kappa shape index (κ2) is 8.27. The molecule has 0 rings (SSSR count). The summed E-state index contributed by atoms with van der Waals surface area (Å²) in [6, 6.07) is -0.569. The standard InChI is InChI=1S/C12H20N2O4/c1-8(2)4-5-13-12(18)14-10(15)6-9(3)7-11(16)17/h4,9H,5-7H2,1-3H3,(H,16,17)(H2,13,14,15,18). The summed E-state index contributed by atoms with van der Waals surface area (Å²) in [5.74, 6) is -1.73. The normalized spacial score (nSPS) is 11.3. The number of urea groups is 1. The van der Waals surface area contributed by atoms with Gasteiger partial charge in [-0.1, -0.05) is 18.6 Å². The quantitative estimate of drug-likeness (QED) is 0.624. The number of nitrogens with one attached hydrogen (secondary N) is 2. The molecular weight excluding hydrogens is 236 g/mol. The molecule has 0 aliphatic carbocycles. The molecule has 0 aromatic rings. The number of carbonyl (C=O) groups excluding carboxylic acids is 2. The average molecular weight is 256 g/mol. The van der Waals surface area contributed by atoms with Gasteiger partial charge in [-0.2, -0.15) is 0 Å². The molecule has 0 saturated heterocycles. The van der Waals surface area contributed by atoms with Crippen LogP contribution in [0.4, 0.5) is 4.79 Å². The molecule has 0 aromatic carbocycles. The summed E-state index contributed by atoms with van der Waals surface area (Å²) in [6.45, 7) is 5.80.